The van der Waals surface area contributed by atoms with Crippen LogP contribution in [0.25, 0.3) is 0 Å². The second-order valence-corrected chi connectivity index (χ2v) is 9.72. The van der Waals surface area contributed by atoms with Gasteiger partial charge in [-0.1, -0.05) is 6.07 Å². The monoisotopic (exact) mass is 601 g/mol. The normalized spacial score (nSPS) is 10.7. The average Bonchev–Trinajstić information content (AvgIpc) is 2.99. The largest absolute Gasteiger partial charge is 0.493 e. The van der Waals surface area contributed by atoms with Crippen LogP contribution in [0.4, 0.5) is 11.4 Å². The number of halogens is 1. The van der Waals surface area contributed by atoms with Crippen LogP contribution in [-0.4, -0.2) is 69.8 Å². The first-order chi connectivity index (χ1) is 19.7. The molecular weight excluding hydrogens is 562 g/mol. The topological polar surface area (TPSA) is 104 Å². The average molecular weight is 602 g/mol. The molecule has 0 radical (unpaired) electrons. The second-order valence-electron chi connectivity index (χ2n) is 9.72. The summed E-state index contributed by atoms with van der Waals surface area (Å²) < 4.78 is 21.6. The summed E-state index contributed by atoms with van der Waals surface area (Å²) in [6, 6.07) is 17.2. The molecule has 0 saturated carbocycles. The number of amides is 1. The van der Waals surface area contributed by atoms with Crippen LogP contribution in [-0.2, 0) is 6.42 Å². The van der Waals surface area contributed by atoms with E-state index in [0.29, 0.717) is 53.3 Å². The molecule has 0 atom stereocenters. The fourth-order valence-electron chi connectivity index (χ4n) is 4.59. The highest BCUT2D eigenvalue weighted by Gasteiger charge is 2.21. The number of non-ortho nitro benzene ring substituents is 1. The summed E-state index contributed by atoms with van der Waals surface area (Å²) in [5.74, 6) is 2.21. The number of carbonyl (C=O) groups excluding carboxylic acids is 1. The van der Waals surface area contributed by atoms with Gasteiger partial charge in [-0.25, -0.2) is 0 Å². The zero-order valence-corrected chi connectivity index (χ0v) is 25.8. The summed E-state index contributed by atoms with van der Waals surface area (Å²) >= 11 is 0. The first-order valence-corrected chi connectivity index (χ1v) is 13.5. The molecule has 0 aliphatic heterocycles. The van der Waals surface area contributed by atoms with Gasteiger partial charge in [-0.2, -0.15) is 0 Å². The molecule has 10 nitrogen and oxygen atoms in total. The molecule has 0 bridgehead atoms. The lowest BCUT2D eigenvalue weighted by molar-refractivity contribution is -0.384. The summed E-state index contributed by atoms with van der Waals surface area (Å²) in [5.41, 5.74) is 2.09. The van der Waals surface area contributed by atoms with Gasteiger partial charge in [0.2, 0.25) is 0 Å². The Bertz CT molecular complexity index is 1320. The molecule has 0 fully saturated rings. The molecule has 0 spiro atoms. The number of nitro benzene ring substituents is 1. The van der Waals surface area contributed by atoms with E-state index in [0.717, 1.165) is 25.1 Å². The minimum atomic E-state index is -0.483. The van der Waals surface area contributed by atoms with Gasteiger partial charge in [-0.15, -0.1) is 12.4 Å². The Balaban J connectivity index is 0.00000616. The van der Waals surface area contributed by atoms with Crippen molar-refractivity contribution < 1.29 is 28.7 Å². The van der Waals surface area contributed by atoms with Crippen LogP contribution in [0.5, 0.6) is 23.0 Å². The number of nitrogens with zero attached hydrogens (tertiary/aromatic N) is 3. The standard InChI is InChI=1S/C31H39N3O7.ClH/c1-22(2)32(19-16-23-8-14-27(38-3)29(20-23)40-5)17-7-18-33(26-13-15-28(39-4)30(21-26)41-6)31(35)24-9-11-25(12-10-24)34(36)37;/h8-15,20-22H,7,16-19H2,1-6H3;1H. The van der Waals surface area contributed by atoms with Crippen molar-refractivity contribution in [1.29, 1.82) is 0 Å². The van der Waals surface area contributed by atoms with E-state index in [2.05, 4.69) is 18.7 Å². The summed E-state index contributed by atoms with van der Waals surface area (Å²) in [6.45, 7) is 6.35. The Morgan fingerprint density at radius 3 is 1.90 bits per heavy atom. The van der Waals surface area contributed by atoms with Crippen molar-refractivity contribution in [2.75, 3.05) is 53.0 Å². The Hall–Kier alpha value is -4.02. The Morgan fingerprint density at radius 2 is 1.36 bits per heavy atom. The second kappa shape index (κ2) is 16.4. The van der Waals surface area contributed by atoms with Gasteiger partial charge >= 0.3 is 0 Å². The van der Waals surface area contributed by atoms with Gasteiger partial charge in [0.15, 0.2) is 23.0 Å². The Morgan fingerprint density at radius 1 is 0.786 bits per heavy atom. The van der Waals surface area contributed by atoms with Crippen LogP contribution in [0.1, 0.15) is 36.2 Å². The van der Waals surface area contributed by atoms with Crippen molar-refractivity contribution in [2.45, 2.75) is 32.7 Å². The Kier molecular flexibility index (Phi) is 13.4. The number of anilines is 1. The van der Waals surface area contributed by atoms with Gasteiger partial charge in [0, 0.05) is 55.1 Å². The molecule has 0 unspecified atom stereocenters. The van der Waals surface area contributed by atoms with E-state index in [9.17, 15) is 14.9 Å². The molecule has 42 heavy (non-hydrogen) atoms. The zero-order valence-electron chi connectivity index (χ0n) is 25.0. The minimum Gasteiger partial charge on any atom is -0.493 e. The molecule has 3 aromatic carbocycles. The number of benzene rings is 3. The van der Waals surface area contributed by atoms with Crippen molar-refractivity contribution in [3.05, 3.63) is 81.9 Å². The van der Waals surface area contributed by atoms with Crippen LogP contribution >= 0.6 is 12.4 Å². The smallest absolute Gasteiger partial charge is 0.269 e. The lowest BCUT2D eigenvalue weighted by Crippen LogP contribution is -2.37. The molecule has 3 rings (SSSR count). The SMILES string of the molecule is COc1ccc(CCN(CCCN(C(=O)c2ccc([N+](=O)[O-])cc2)c2ccc(OC)c(OC)c2)C(C)C)cc1OC.Cl. The highest BCUT2D eigenvalue weighted by molar-refractivity contribution is 6.06. The number of carbonyl (C=O) groups is 1. The number of hydrogen-bond donors (Lipinski definition) is 0. The first-order valence-electron chi connectivity index (χ1n) is 13.5. The van der Waals surface area contributed by atoms with E-state index in [1.165, 1.54) is 24.3 Å². The number of nitro groups is 1. The van der Waals surface area contributed by atoms with Crippen molar-refractivity contribution in [3.8, 4) is 23.0 Å². The van der Waals surface area contributed by atoms with Gasteiger partial charge in [0.1, 0.15) is 0 Å². The quantitative estimate of drug-likeness (QED) is 0.153. The van der Waals surface area contributed by atoms with E-state index in [1.807, 2.05) is 24.3 Å². The number of hydrogen-bond acceptors (Lipinski definition) is 8. The number of methoxy groups -OCH3 is 4. The maximum absolute atomic E-state index is 13.7. The third kappa shape index (κ3) is 8.74. The molecular formula is C31H40ClN3O7. The van der Waals surface area contributed by atoms with E-state index in [1.54, 1.807) is 45.5 Å². The highest BCUT2D eigenvalue weighted by atomic mass is 35.5. The molecule has 0 aliphatic rings. The lowest BCUT2D eigenvalue weighted by atomic mass is 10.1. The predicted octanol–water partition coefficient (Wildman–Crippen LogP) is 6.04. The Labute approximate surface area is 253 Å². The predicted molar refractivity (Wildman–Crippen MR) is 166 cm³/mol. The molecule has 0 saturated heterocycles. The molecule has 11 heteroatoms. The van der Waals surface area contributed by atoms with Crippen LogP contribution in [0.3, 0.4) is 0 Å². The molecule has 0 aromatic heterocycles. The first kappa shape index (κ1) is 34.2. The van der Waals surface area contributed by atoms with Crippen LogP contribution in [0, 0.1) is 10.1 Å². The van der Waals surface area contributed by atoms with Crippen LogP contribution in [0.2, 0.25) is 0 Å². The fourth-order valence-corrected chi connectivity index (χ4v) is 4.59. The minimum absolute atomic E-state index is 0. The van der Waals surface area contributed by atoms with Crippen molar-refractivity contribution in [2.24, 2.45) is 0 Å². The van der Waals surface area contributed by atoms with Crippen molar-refractivity contribution in [3.63, 3.8) is 0 Å². The van der Waals surface area contributed by atoms with Gasteiger partial charge in [0.05, 0.1) is 33.4 Å². The molecule has 3 aromatic rings. The molecule has 0 aliphatic carbocycles. The summed E-state index contributed by atoms with van der Waals surface area (Å²) in [4.78, 5) is 28.3. The van der Waals surface area contributed by atoms with Crippen LogP contribution in [0.15, 0.2) is 60.7 Å². The lowest BCUT2D eigenvalue weighted by Gasteiger charge is -2.29. The summed E-state index contributed by atoms with van der Waals surface area (Å²) in [5, 5.41) is 11.1. The van der Waals surface area contributed by atoms with Crippen LogP contribution < -0.4 is 23.8 Å². The number of ether oxygens (including phenoxy) is 4. The van der Waals surface area contributed by atoms with E-state index in [4.69, 9.17) is 18.9 Å². The maximum Gasteiger partial charge on any atom is 0.269 e. The number of rotatable bonds is 15. The summed E-state index contributed by atoms with van der Waals surface area (Å²) in [7, 11) is 6.35. The summed E-state index contributed by atoms with van der Waals surface area (Å²) in [6.07, 6.45) is 1.54. The van der Waals surface area contributed by atoms with Crippen molar-refractivity contribution >= 4 is 29.7 Å². The maximum atomic E-state index is 13.7. The van der Waals surface area contributed by atoms with Crippen molar-refractivity contribution in [1.82, 2.24) is 4.90 Å². The zero-order chi connectivity index (χ0) is 29.9. The van der Waals surface area contributed by atoms with E-state index < -0.39 is 4.92 Å². The fraction of sp³-hybridized carbons (Fsp3) is 0.387. The molecule has 0 N–H and O–H groups in total. The van der Waals surface area contributed by atoms with Gasteiger partial charge in [-0.3, -0.25) is 14.9 Å². The van der Waals surface area contributed by atoms with Gasteiger partial charge in [-0.05, 0) is 68.7 Å². The third-order valence-corrected chi connectivity index (χ3v) is 6.94. The van der Waals surface area contributed by atoms with Gasteiger partial charge < -0.3 is 28.7 Å². The molecule has 1 amide bonds. The highest BCUT2D eigenvalue weighted by Crippen LogP contribution is 2.32. The molecule has 0 heterocycles. The third-order valence-electron chi connectivity index (χ3n) is 6.94. The van der Waals surface area contributed by atoms with E-state index in [-0.39, 0.29) is 24.0 Å². The van der Waals surface area contributed by atoms with Gasteiger partial charge in [0.25, 0.3) is 11.6 Å². The molecule has 228 valence electrons. The van der Waals surface area contributed by atoms with E-state index >= 15 is 0 Å².